The van der Waals surface area contributed by atoms with Gasteiger partial charge in [0.1, 0.15) is 35.5 Å². The number of hydrogen-bond acceptors (Lipinski definition) is 6. The normalized spacial score (nSPS) is 13.5. The average Bonchev–Trinajstić information content (AvgIpc) is 3.58. The van der Waals surface area contributed by atoms with Crippen LogP contribution < -0.4 is 10.5 Å². The van der Waals surface area contributed by atoms with Crippen LogP contribution in [-0.2, 0) is 11.3 Å². The van der Waals surface area contributed by atoms with Crippen molar-refractivity contribution < 1.29 is 18.3 Å². The number of anilines is 1. The first-order chi connectivity index (χ1) is 16.0. The number of nitrogens with zero attached hydrogens (tertiary/aromatic N) is 4. The smallest absolute Gasteiger partial charge is 0.182 e. The first-order valence-electron chi connectivity index (χ1n) is 10.7. The summed E-state index contributed by atoms with van der Waals surface area (Å²) in [6.07, 6.45) is 3.94. The molecule has 0 aliphatic heterocycles. The van der Waals surface area contributed by atoms with E-state index < -0.39 is 11.6 Å². The summed E-state index contributed by atoms with van der Waals surface area (Å²) in [6.45, 7) is 0.415. The van der Waals surface area contributed by atoms with Crippen molar-refractivity contribution in [3.05, 3.63) is 65.4 Å². The summed E-state index contributed by atoms with van der Waals surface area (Å²) in [4.78, 5) is 8.96. The molecular weight excluding hydrogens is 428 g/mol. The maximum Gasteiger partial charge on any atom is 0.182 e. The average molecular weight is 451 g/mol. The highest BCUT2D eigenvalue weighted by atomic mass is 19.1. The van der Waals surface area contributed by atoms with Crippen LogP contribution in [0.2, 0.25) is 0 Å². The maximum absolute atomic E-state index is 14.8. The fourth-order valence-electron chi connectivity index (χ4n) is 3.85. The predicted octanol–water partition coefficient (Wildman–Crippen LogP) is 4.30. The van der Waals surface area contributed by atoms with Crippen molar-refractivity contribution in [1.82, 2.24) is 19.7 Å². The van der Waals surface area contributed by atoms with E-state index in [0.29, 0.717) is 35.4 Å². The summed E-state index contributed by atoms with van der Waals surface area (Å²) in [5, 5.41) is 5.38. The number of fused-ring (bicyclic) bond motifs is 1. The zero-order valence-electron chi connectivity index (χ0n) is 18.1. The van der Waals surface area contributed by atoms with Gasteiger partial charge in [-0.05, 0) is 24.8 Å². The Balaban J connectivity index is 1.49. The summed E-state index contributed by atoms with van der Waals surface area (Å²) >= 11 is 0. The van der Waals surface area contributed by atoms with Crippen LogP contribution >= 0.6 is 0 Å². The highest BCUT2D eigenvalue weighted by Crippen LogP contribution is 2.42. The number of methoxy groups -OCH3 is 1. The number of ether oxygens (including phenoxy) is 2. The fraction of sp³-hybridized carbons (Fsp3) is 0.292. The van der Waals surface area contributed by atoms with E-state index in [4.69, 9.17) is 15.2 Å². The molecule has 0 radical (unpaired) electrons. The van der Waals surface area contributed by atoms with Gasteiger partial charge in [0.05, 0.1) is 18.7 Å². The number of aromatic nitrogens is 4. The minimum Gasteiger partial charge on any atom is -0.491 e. The minimum absolute atomic E-state index is 0.105. The number of para-hydroxylation sites is 1. The lowest BCUT2D eigenvalue weighted by molar-refractivity contribution is 0.146. The van der Waals surface area contributed by atoms with Crippen LogP contribution in [0.3, 0.4) is 0 Å². The van der Waals surface area contributed by atoms with Gasteiger partial charge in [-0.15, -0.1) is 0 Å². The van der Waals surface area contributed by atoms with Crippen molar-refractivity contribution >= 4 is 16.7 Å². The second-order valence-corrected chi connectivity index (χ2v) is 8.04. The van der Waals surface area contributed by atoms with Gasteiger partial charge in [0.2, 0.25) is 0 Å². The van der Waals surface area contributed by atoms with Gasteiger partial charge in [-0.1, -0.05) is 18.2 Å². The van der Waals surface area contributed by atoms with Crippen molar-refractivity contribution in [2.45, 2.75) is 25.3 Å². The van der Waals surface area contributed by atoms with Gasteiger partial charge >= 0.3 is 0 Å². The zero-order valence-corrected chi connectivity index (χ0v) is 18.1. The molecule has 1 fully saturated rings. The Morgan fingerprint density at radius 1 is 1.12 bits per heavy atom. The predicted molar refractivity (Wildman–Crippen MR) is 120 cm³/mol. The third-order valence-corrected chi connectivity index (χ3v) is 5.71. The van der Waals surface area contributed by atoms with E-state index in [1.165, 1.54) is 19.2 Å². The number of rotatable bonds is 8. The monoisotopic (exact) mass is 451 g/mol. The van der Waals surface area contributed by atoms with Crippen LogP contribution in [-0.4, -0.2) is 40.1 Å². The molecule has 170 valence electrons. The van der Waals surface area contributed by atoms with Crippen LogP contribution in [0, 0.1) is 11.6 Å². The lowest BCUT2D eigenvalue weighted by Gasteiger charge is -2.10. The SMILES string of the molecule is COCCOc1cc(F)c(Cn2nc(-c3ncc(C4CC4)c(N)n3)c3ccccc32)c(F)c1. The summed E-state index contributed by atoms with van der Waals surface area (Å²) in [5.74, 6) is -0.0511. The highest BCUT2D eigenvalue weighted by Gasteiger charge is 2.27. The van der Waals surface area contributed by atoms with Gasteiger partial charge in [-0.25, -0.2) is 18.7 Å². The Morgan fingerprint density at radius 3 is 2.58 bits per heavy atom. The second-order valence-electron chi connectivity index (χ2n) is 8.04. The number of hydrogen-bond donors (Lipinski definition) is 1. The Hall–Kier alpha value is -3.59. The molecule has 2 aromatic carbocycles. The Bertz CT molecular complexity index is 1300. The molecule has 0 bridgehead atoms. The quantitative estimate of drug-likeness (QED) is 0.402. The second kappa shape index (κ2) is 8.74. The van der Waals surface area contributed by atoms with Crippen molar-refractivity contribution in [2.75, 3.05) is 26.1 Å². The summed E-state index contributed by atoms with van der Waals surface area (Å²) in [5.41, 5.74) is 8.23. The van der Waals surface area contributed by atoms with Crippen molar-refractivity contribution in [2.24, 2.45) is 0 Å². The van der Waals surface area contributed by atoms with Crippen molar-refractivity contribution in [3.8, 4) is 17.3 Å². The third kappa shape index (κ3) is 4.23. The summed E-state index contributed by atoms with van der Waals surface area (Å²) in [6, 6.07) is 9.76. The van der Waals surface area contributed by atoms with Crippen LogP contribution in [0.25, 0.3) is 22.4 Å². The molecule has 4 aromatic rings. The number of nitrogen functional groups attached to an aromatic ring is 1. The van der Waals surface area contributed by atoms with Gasteiger partial charge in [-0.2, -0.15) is 5.10 Å². The lowest BCUT2D eigenvalue weighted by atomic mass is 10.1. The maximum atomic E-state index is 14.8. The van der Waals surface area contributed by atoms with Crippen LogP contribution in [0.5, 0.6) is 5.75 Å². The molecular formula is C24H23F2N5O2. The molecule has 7 nitrogen and oxygen atoms in total. The van der Waals surface area contributed by atoms with E-state index in [-0.39, 0.29) is 24.5 Å². The molecule has 2 aromatic heterocycles. The van der Waals surface area contributed by atoms with Gasteiger partial charge in [0.25, 0.3) is 0 Å². The molecule has 2 heterocycles. The lowest BCUT2D eigenvalue weighted by Crippen LogP contribution is -2.09. The Kier molecular flexibility index (Phi) is 5.63. The largest absolute Gasteiger partial charge is 0.491 e. The molecule has 9 heteroatoms. The third-order valence-electron chi connectivity index (χ3n) is 5.71. The first kappa shape index (κ1) is 21.3. The molecule has 2 N–H and O–H groups in total. The molecule has 33 heavy (non-hydrogen) atoms. The van der Waals surface area contributed by atoms with Gasteiger partial charge in [0, 0.05) is 42.0 Å². The molecule has 0 atom stereocenters. The number of nitrogens with two attached hydrogens (primary N) is 1. The molecule has 5 rings (SSSR count). The number of benzene rings is 2. The van der Waals surface area contributed by atoms with Crippen molar-refractivity contribution in [3.63, 3.8) is 0 Å². The van der Waals surface area contributed by atoms with Gasteiger partial charge < -0.3 is 15.2 Å². The van der Waals surface area contributed by atoms with E-state index in [1.54, 1.807) is 10.9 Å². The van der Waals surface area contributed by atoms with Crippen molar-refractivity contribution in [1.29, 1.82) is 0 Å². The van der Waals surface area contributed by atoms with Gasteiger partial charge in [0.15, 0.2) is 5.82 Å². The molecule has 0 amide bonds. The minimum atomic E-state index is -0.710. The van der Waals surface area contributed by atoms with E-state index in [9.17, 15) is 8.78 Å². The molecule has 0 spiro atoms. The van der Waals surface area contributed by atoms with E-state index in [0.717, 1.165) is 23.8 Å². The Morgan fingerprint density at radius 2 is 1.88 bits per heavy atom. The Labute approximate surface area is 189 Å². The molecule has 0 unspecified atom stereocenters. The highest BCUT2D eigenvalue weighted by molar-refractivity contribution is 5.91. The molecule has 1 aliphatic carbocycles. The van der Waals surface area contributed by atoms with Crippen LogP contribution in [0.15, 0.2) is 42.6 Å². The van der Waals surface area contributed by atoms with E-state index in [2.05, 4.69) is 15.1 Å². The molecule has 1 aliphatic rings. The van der Waals surface area contributed by atoms with Gasteiger partial charge in [-0.3, -0.25) is 4.68 Å². The zero-order chi connectivity index (χ0) is 22.9. The topological polar surface area (TPSA) is 88.1 Å². The van der Waals surface area contributed by atoms with E-state index >= 15 is 0 Å². The first-order valence-corrected chi connectivity index (χ1v) is 10.7. The fourth-order valence-corrected chi connectivity index (χ4v) is 3.85. The van der Waals surface area contributed by atoms with E-state index in [1.807, 2.05) is 24.3 Å². The van der Waals surface area contributed by atoms with Crippen LogP contribution in [0.1, 0.15) is 29.9 Å². The van der Waals surface area contributed by atoms with Crippen LogP contribution in [0.4, 0.5) is 14.6 Å². The molecule has 0 saturated heterocycles. The number of halogens is 2. The summed E-state index contributed by atoms with van der Waals surface area (Å²) in [7, 11) is 1.52. The molecule has 1 saturated carbocycles. The standard InChI is InChI=1S/C24H23F2N5O2/c1-32-8-9-33-15-10-19(25)18(20(26)11-15)13-31-21-5-3-2-4-16(21)22(30-31)24-28-12-17(14-6-7-14)23(27)29-24/h2-5,10-12,14H,6-9,13H2,1H3,(H2,27,28,29). The summed E-state index contributed by atoms with van der Waals surface area (Å²) < 4.78 is 41.3.